The molecule has 0 aromatic heterocycles. The summed E-state index contributed by atoms with van der Waals surface area (Å²) >= 11 is 0. The van der Waals surface area contributed by atoms with Crippen LogP contribution in [0.4, 0.5) is 0 Å². The standard InChI is InChI=1S/C16H27N3O2/c1-11(2)19(12(3)4)8-9-21-15-10-13(20-5)6-7-14(15)16(17)18/h6-7,10-12H,8-9H2,1-5H3,(H3,17,18). The Hall–Kier alpha value is -1.75. The minimum absolute atomic E-state index is 0.00257. The molecule has 0 amide bonds. The van der Waals surface area contributed by atoms with Crippen LogP contribution in [0.3, 0.4) is 0 Å². The fourth-order valence-electron chi connectivity index (χ4n) is 2.35. The van der Waals surface area contributed by atoms with Gasteiger partial charge < -0.3 is 15.2 Å². The van der Waals surface area contributed by atoms with Gasteiger partial charge in [0.1, 0.15) is 23.9 Å². The van der Waals surface area contributed by atoms with E-state index in [2.05, 4.69) is 32.6 Å². The summed E-state index contributed by atoms with van der Waals surface area (Å²) in [4.78, 5) is 2.35. The molecule has 118 valence electrons. The molecule has 0 saturated carbocycles. The molecule has 0 aliphatic rings. The molecule has 0 spiro atoms. The lowest BCUT2D eigenvalue weighted by atomic mass is 10.1. The SMILES string of the molecule is COc1ccc(C(=N)N)c(OCCN(C(C)C)C(C)C)c1. The van der Waals surface area contributed by atoms with Gasteiger partial charge in [-0.2, -0.15) is 0 Å². The van der Waals surface area contributed by atoms with Crippen LogP contribution < -0.4 is 15.2 Å². The summed E-state index contributed by atoms with van der Waals surface area (Å²) in [6.07, 6.45) is 0. The Labute approximate surface area is 127 Å². The summed E-state index contributed by atoms with van der Waals surface area (Å²) in [5.41, 5.74) is 6.18. The van der Waals surface area contributed by atoms with Crippen molar-refractivity contribution in [2.75, 3.05) is 20.3 Å². The zero-order valence-corrected chi connectivity index (χ0v) is 13.6. The van der Waals surface area contributed by atoms with Crippen LogP contribution in [0, 0.1) is 5.41 Å². The van der Waals surface area contributed by atoms with Gasteiger partial charge >= 0.3 is 0 Å². The summed E-state index contributed by atoms with van der Waals surface area (Å²) in [6.45, 7) is 10.1. The molecule has 0 atom stereocenters. The molecule has 0 saturated heterocycles. The summed E-state index contributed by atoms with van der Waals surface area (Å²) in [5, 5.41) is 7.61. The number of nitrogens with zero attached hydrogens (tertiary/aromatic N) is 1. The topological polar surface area (TPSA) is 71.6 Å². The molecule has 1 aromatic rings. The van der Waals surface area contributed by atoms with Crippen molar-refractivity contribution >= 4 is 5.84 Å². The zero-order chi connectivity index (χ0) is 16.0. The van der Waals surface area contributed by atoms with Crippen LogP contribution in [0.1, 0.15) is 33.3 Å². The highest BCUT2D eigenvalue weighted by atomic mass is 16.5. The molecule has 0 fully saturated rings. The van der Waals surface area contributed by atoms with Crippen molar-refractivity contribution in [3.63, 3.8) is 0 Å². The Morgan fingerprint density at radius 2 is 1.86 bits per heavy atom. The minimum Gasteiger partial charge on any atom is -0.497 e. The number of hydrogen-bond donors (Lipinski definition) is 2. The number of nitrogens with one attached hydrogen (secondary N) is 1. The van der Waals surface area contributed by atoms with Gasteiger partial charge in [-0.3, -0.25) is 10.3 Å². The molecule has 0 bridgehead atoms. The second kappa shape index (κ2) is 7.88. The summed E-state index contributed by atoms with van der Waals surface area (Å²) in [7, 11) is 1.60. The molecule has 5 heteroatoms. The van der Waals surface area contributed by atoms with Gasteiger partial charge in [-0.1, -0.05) is 0 Å². The van der Waals surface area contributed by atoms with E-state index >= 15 is 0 Å². The number of nitrogen functional groups attached to an aromatic ring is 1. The van der Waals surface area contributed by atoms with Crippen LogP contribution in [0.2, 0.25) is 0 Å². The zero-order valence-electron chi connectivity index (χ0n) is 13.6. The number of rotatable bonds is 8. The monoisotopic (exact) mass is 293 g/mol. The quantitative estimate of drug-likeness (QED) is 0.570. The summed E-state index contributed by atoms with van der Waals surface area (Å²) in [5.74, 6) is 1.28. The normalized spacial score (nSPS) is 11.2. The minimum atomic E-state index is -0.00257. The molecular formula is C16H27N3O2. The van der Waals surface area contributed by atoms with Crippen LogP contribution in [0.15, 0.2) is 18.2 Å². The maximum Gasteiger partial charge on any atom is 0.133 e. The molecule has 0 radical (unpaired) electrons. The average Bonchev–Trinajstić information content (AvgIpc) is 2.42. The van der Waals surface area contributed by atoms with Crippen molar-refractivity contribution in [2.24, 2.45) is 5.73 Å². The lowest BCUT2D eigenvalue weighted by molar-refractivity contribution is 0.142. The highest BCUT2D eigenvalue weighted by Gasteiger charge is 2.14. The number of ether oxygens (including phenoxy) is 2. The molecular weight excluding hydrogens is 266 g/mol. The third kappa shape index (κ3) is 4.93. The van der Waals surface area contributed by atoms with Crippen LogP contribution in [0.25, 0.3) is 0 Å². The van der Waals surface area contributed by atoms with Crippen LogP contribution in [0.5, 0.6) is 11.5 Å². The third-order valence-electron chi connectivity index (χ3n) is 3.41. The van der Waals surface area contributed by atoms with Crippen molar-refractivity contribution in [1.29, 1.82) is 5.41 Å². The number of nitrogens with two attached hydrogens (primary N) is 1. The van der Waals surface area contributed by atoms with Gasteiger partial charge in [-0.05, 0) is 39.8 Å². The van der Waals surface area contributed by atoms with E-state index in [1.807, 2.05) is 0 Å². The van der Waals surface area contributed by atoms with E-state index in [1.165, 1.54) is 0 Å². The van der Waals surface area contributed by atoms with E-state index in [0.717, 1.165) is 6.54 Å². The third-order valence-corrected chi connectivity index (χ3v) is 3.41. The fourth-order valence-corrected chi connectivity index (χ4v) is 2.35. The second-order valence-corrected chi connectivity index (χ2v) is 5.55. The lowest BCUT2D eigenvalue weighted by Gasteiger charge is -2.30. The molecule has 1 rings (SSSR count). The molecule has 0 unspecified atom stereocenters. The first-order chi connectivity index (χ1) is 9.86. The van der Waals surface area contributed by atoms with Crippen molar-refractivity contribution in [3.05, 3.63) is 23.8 Å². The van der Waals surface area contributed by atoms with Crippen molar-refractivity contribution < 1.29 is 9.47 Å². The highest BCUT2D eigenvalue weighted by molar-refractivity contribution is 5.97. The Kier molecular flexibility index (Phi) is 6.49. The molecule has 0 heterocycles. The van der Waals surface area contributed by atoms with E-state index in [9.17, 15) is 0 Å². The van der Waals surface area contributed by atoms with Crippen LogP contribution >= 0.6 is 0 Å². The highest BCUT2D eigenvalue weighted by Crippen LogP contribution is 2.24. The maximum absolute atomic E-state index is 7.61. The van der Waals surface area contributed by atoms with Crippen LogP contribution in [-0.4, -0.2) is 43.1 Å². The van der Waals surface area contributed by atoms with E-state index in [4.69, 9.17) is 20.6 Å². The summed E-state index contributed by atoms with van der Waals surface area (Å²) < 4.78 is 11.0. The second-order valence-electron chi connectivity index (χ2n) is 5.55. The Morgan fingerprint density at radius 1 is 1.24 bits per heavy atom. The number of amidine groups is 1. The predicted octanol–water partition coefficient (Wildman–Crippen LogP) is 2.48. The Bertz CT molecular complexity index is 465. The molecule has 0 aliphatic carbocycles. The largest absolute Gasteiger partial charge is 0.497 e. The van der Waals surface area contributed by atoms with Crippen molar-refractivity contribution in [1.82, 2.24) is 4.90 Å². The smallest absolute Gasteiger partial charge is 0.133 e. The first-order valence-electron chi connectivity index (χ1n) is 7.27. The van der Waals surface area contributed by atoms with Crippen LogP contribution in [-0.2, 0) is 0 Å². The van der Waals surface area contributed by atoms with Gasteiger partial charge in [-0.15, -0.1) is 0 Å². The van der Waals surface area contributed by atoms with Crippen molar-refractivity contribution in [3.8, 4) is 11.5 Å². The van der Waals surface area contributed by atoms with Gasteiger partial charge in [0.2, 0.25) is 0 Å². The van der Waals surface area contributed by atoms with E-state index in [0.29, 0.717) is 35.8 Å². The Balaban J connectivity index is 2.75. The molecule has 5 nitrogen and oxygen atoms in total. The van der Waals surface area contributed by atoms with Gasteiger partial charge in [0.05, 0.1) is 12.7 Å². The van der Waals surface area contributed by atoms with Gasteiger partial charge in [-0.25, -0.2) is 0 Å². The fraction of sp³-hybridized carbons (Fsp3) is 0.562. The average molecular weight is 293 g/mol. The van der Waals surface area contributed by atoms with Gasteiger partial charge in [0.25, 0.3) is 0 Å². The molecule has 21 heavy (non-hydrogen) atoms. The molecule has 0 aliphatic heterocycles. The number of hydrogen-bond acceptors (Lipinski definition) is 4. The van der Waals surface area contributed by atoms with E-state index < -0.39 is 0 Å². The predicted molar refractivity (Wildman–Crippen MR) is 86.5 cm³/mol. The molecule has 1 aromatic carbocycles. The lowest BCUT2D eigenvalue weighted by Crippen LogP contribution is -2.39. The molecule has 3 N–H and O–H groups in total. The van der Waals surface area contributed by atoms with Crippen molar-refractivity contribution in [2.45, 2.75) is 39.8 Å². The maximum atomic E-state index is 7.61. The number of benzene rings is 1. The number of methoxy groups -OCH3 is 1. The first kappa shape index (κ1) is 17.3. The Morgan fingerprint density at radius 3 is 2.33 bits per heavy atom. The summed E-state index contributed by atoms with van der Waals surface area (Å²) in [6, 6.07) is 6.22. The first-order valence-corrected chi connectivity index (χ1v) is 7.27. The van der Waals surface area contributed by atoms with E-state index in [1.54, 1.807) is 25.3 Å². The van der Waals surface area contributed by atoms with E-state index in [-0.39, 0.29) is 5.84 Å². The van der Waals surface area contributed by atoms with Gasteiger partial charge in [0.15, 0.2) is 0 Å². The van der Waals surface area contributed by atoms with Gasteiger partial charge in [0, 0.05) is 24.7 Å².